The first-order valence-corrected chi connectivity index (χ1v) is 9.80. The van der Waals surface area contributed by atoms with E-state index in [1.165, 1.54) is 19.2 Å². The van der Waals surface area contributed by atoms with Gasteiger partial charge in [-0.2, -0.15) is 0 Å². The fraction of sp³-hybridized carbons (Fsp3) is 0.130. The van der Waals surface area contributed by atoms with Crippen molar-refractivity contribution in [1.29, 1.82) is 0 Å². The lowest BCUT2D eigenvalue weighted by Crippen LogP contribution is -2.48. The van der Waals surface area contributed by atoms with Crippen LogP contribution in [0, 0.1) is 10.1 Å². The van der Waals surface area contributed by atoms with Crippen molar-refractivity contribution in [2.45, 2.75) is 12.5 Å². The van der Waals surface area contributed by atoms with Gasteiger partial charge in [0.15, 0.2) is 0 Å². The van der Waals surface area contributed by atoms with Gasteiger partial charge in [0.2, 0.25) is 5.91 Å². The zero-order valence-electron chi connectivity index (χ0n) is 17.3. The summed E-state index contributed by atoms with van der Waals surface area (Å²) in [5.74, 6) is 0.930. The number of para-hydroxylation sites is 1. The van der Waals surface area contributed by atoms with Crippen molar-refractivity contribution < 1.29 is 19.2 Å². The molecule has 0 bridgehead atoms. The molecule has 0 aromatic heterocycles. The molecule has 3 aromatic rings. The highest BCUT2D eigenvalue weighted by Crippen LogP contribution is 2.22. The van der Waals surface area contributed by atoms with Gasteiger partial charge in [-0.05, 0) is 42.0 Å². The maximum absolute atomic E-state index is 12.4. The van der Waals surface area contributed by atoms with Crippen molar-refractivity contribution in [3.8, 4) is 11.5 Å². The number of hydrogen-bond donors (Lipinski definition) is 3. The van der Waals surface area contributed by atoms with Gasteiger partial charge in [0.05, 0.1) is 4.92 Å². The maximum atomic E-state index is 12.4. The topological polar surface area (TPSA) is 123 Å². The Labute approximate surface area is 184 Å². The molecule has 3 aromatic carbocycles. The van der Waals surface area contributed by atoms with Gasteiger partial charge >= 0.3 is 6.03 Å². The van der Waals surface area contributed by atoms with E-state index in [9.17, 15) is 19.7 Å². The Morgan fingerprint density at radius 2 is 1.56 bits per heavy atom. The first-order chi connectivity index (χ1) is 15.4. The van der Waals surface area contributed by atoms with Gasteiger partial charge in [0.25, 0.3) is 5.69 Å². The highest BCUT2D eigenvalue weighted by Gasteiger charge is 2.20. The second-order valence-electron chi connectivity index (χ2n) is 6.83. The molecule has 0 spiro atoms. The summed E-state index contributed by atoms with van der Waals surface area (Å²) >= 11 is 0. The number of ether oxygens (including phenoxy) is 1. The van der Waals surface area contributed by atoms with E-state index in [2.05, 4.69) is 16.0 Å². The van der Waals surface area contributed by atoms with Crippen molar-refractivity contribution in [3.05, 3.63) is 94.5 Å². The molecule has 9 heteroatoms. The third kappa shape index (κ3) is 6.30. The van der Waals surface area contributed by atoms with Crippen molar-refractivity contribution >= 4 is 23.3 Å². The molecule has 0 unspecified atom stereocenters. The van der Waals surface area contributed by atoms with E-state index >= 15 is 0 Å². The minimum Gasteiger partial charge on any atom is -0.457 e. The van der Waals surface area contributed by atoms with Gasteiger partial charge in [-0.15, -0.1) is 0 Å². The summed E-state index contributed by atoms with van der Waals surface area (Å²) in [6, 6.07) is 20.5. The summed E-state index contributed by atoms with van der Waals surface area (Å²) in [5, 5.41) is 18.6. The number of likely N-dealkylation sites (N-methyl/N-ethyl adjacent to an activating group) is 1. The van der Waals surface area contributed by atoms with Crippen LogP contribution in [0.25, 0.3) is 0 Å². The normalized spacial score (nSPS) is 11.2. The predicted octanol–water partition coefficient (Wildman–Crippen LogP) is 3.87. The van der Waals surface area contributed by atoms with Gasteiger partial charge in [-0.25, -0.2) is 4.79 Å². The van der Waals surface area contributed by atoms with Crippen LogP contribution in [0.3, 0.4) is 0 Å². The number of carbonyl (C=O) groups excluding carboxylic acids is 2. The van der Waals surface area contributed by atoms with E-state index in [0.29, 0.717) is 22.7 Å². The van der Waals surface area contributed by atoms with Crippen molar-refractivity contribution in [2.75, 3.05) is 12.4 Å². The van der Waals surface area contributed by atoms with Crippen molar-refractivity contribution in [3.63, 3.8) is 0 Å². The third-order valence-electron chi connectivity index (χ3n) is 4.55. The van der Waals surface area contributed by atoms with Crippen LogP contribution in [-0.4, -0.2) is 30.0 Å². The molecule has 32 heavy (non-hydrogen) atoms. The Kier molecular flexibility index (Phi) is 7.37. The fourth-order valence-electron chi connectivity index (χ4n) is 2.93. The Hall–Kier alpha value is -4.40. The molecule has 0 heterocycles. The summed E-state index contributed by atoms with van der Waals surface area (Å²) in [5.41, 5.74) is 1.15. The van der Waals surface area contributed by atoms with Crippen LogP contribution in [-0.2, 0) is 11.2 Å². The molecule has 0 aliphatic rings. The average molecular weight is 434 g/mol. The van der Waals surface area contributed by atoms with E-state index in [4.69, 9.17) is 4.74 Å². The van der Waals surface area contributed by atoms with E-state index in [-0.39, 0.29) is 18.0 Å². The van der Waals surface area contributed by atoms with Gasteiger partial charge in [0, 0.05) is 31.3 Å². The van der Waals surface area contributed by atoms with Crippen LogP contribution in [0.2, 0.25) is 0 Å². The van der Waals surface area contributed by atoms with E-state index in [1.54, 1.807) is 36.4 Å². The summed E-state index contributed by atoms with van der Waals surface area (Å²) in [6.07, 6.45) is 0.176. The van der Waals surface area contributed by atoms with Crippen LogP contribution in [0.5, 0.6) is 11.5 Å². The summed E-state index contributed by atoms with van der Waals surface area (Å²) in [7, 11) is 1.47. The van der Waals surface area contributed by atoms with Gasteiger partial charge < -0.3 is 20.7 Å². The molecular weight excluding hydrogens is 412 g/mol. The molecule has 0 aliphatic carbocycles. The Morgan fingerprint density at radius 3 is 2.16 bits per heavy atom. The standard InChI is InChI=1S/C23H22N4O5/c1-24-22(28)21(15-16-7-11-18(12-8-16)27(30)31)26-23(29)25-17-9-13-20(14-10-17)32-19-5-3-2-4-6-19/h2-14,21H,15H2,1H3,(H,24,28)(H2,25,26,29)/t21-/m1/s1. The van der Waals surface area contributed by atoms with Crippen molar-refractivity contribution in [2.24, 2.45) is 0 Å². The number of carbonyl (C=O) groups is 2. The highest BCUT2D eigenvalue weighted by atomic mass is 16.6. The first kappa shape index (κ1) is 22.3. The Morgan fingerprint density at radius 1 is 0.938 bits per heavy atom. The number of rotatable bonds is 8. The third-order valence-corrected chi connectivity index (χ3v) is 4.55. The number of hydrogen-bond acceptors (Lipinski definition) is 5. The average Bonchev–Trinajstić information content (AvgIpc) is 2.80. The Bertz CT molecular complexity index is 1070. The van der Waals surface area contributed by atoms with Crippen LogP contribution in [0.15, 0.2) is 78.9 Å². The minimum atomic E-state index is -0.859. The molecule has 3 N–H and O–H groups in total. The van der Waals surface area contributed by atoms with E-state index in [0.717, 1.165) is 0 Å². The molecule has 0 saturated heterocycles. The van der Waals surface area contributed by atoms with Crippen molar-refractivity contribution in [1.82, 2.24) is 10.6 Å². The predicted molar refractivity (Wildman–Crippen MR) is 120 cm³/mol. The van der Waals surface area contributed by atoms with Crippen LogP contribution in [0.1, 0.15) is 5.56 Å². The molecular formula is C23H22N4O5. The number of urea groups is 1. The van der Waals surface area contributed by atoms with Gasteiger partial charge in [0.1, 0.15) is 17.5 Å². The molecule has 1 atom stereocenters. The number of nitrogens with zero attached hydrogens (tertiary/aromatic N) is 1. The zero-order chi connectivity index (χ0) is 22.9. The van der Waals surface area contributed by atoms with Crippen LogP contribution >= 0.6 is 0 Å². The first-order valence-electron chi connectivity index (χ1n) is 9.80. The lowest BCUT2D eigenvalue weighted by molar-refractivity contribution is -0.384. The van der Waals surface area contributed by atoms with Gasteiger partial charge in [-0.1, -0.05) is 30.3 Å². The summed E-state index contributed by atoms with van der Waals surface area (Å²) in [6.45, 7) is 0. The maximum Gasteiger partial charge on any atom is 0.319 e. The quantitative estimate of drug-likeness (QED) is 0.367. The highest BCUT2D eigenvalue weighted by molar-refractivity contribution is 5.93. The molecule has 0 aliphatic heterocycles. The molecule has 0 radical (unpaired) electrons. The molecule has 9 nitrogen and oxygen atoms in total. The van der Waals surface area contributed by atoms with Crippen LogP contribution < -0.4 is 20.7 Å². The SMILES string of the molecule is CNC(=O)[C@@H](Cc1ccc([N+](=O)[O-])cc1)NC(=O)Nc1ccc(Oc2ccccc2)cc1. The van der Waals surface area contributed by atoms with E-state index in [1.807, 2.05) is 30.3 Å². The number of nitro benzene ring substituents is 1. The molecule has 3 amide bonds. The summed E-state index contributed by atoms with van der Waals surface area (Å²) in [4.78, 5) is 34.9. The smallest absolute Gasteiger partial charge is 0.319 e. The van der Waals surface area contributed by atoms with E-state index < -0.39 is 17.0 Å². The Balaban J connectivity index is 1.59. The minimum absolute atomic E-state index is 0.0457. The number of nitro groups is 1. The van der Waals surface area contributed by atoms with Crippen LogP contribution in [0.4, 0.5) is 16.2 Å². The number of non-ortho nitro benzene ring substituents is 1. The monoisotopic (exact) mass is 434 g/mol. The number of amides is 3. The molecule has 3 rings (SSSR count). The van der Waals surface area contributed by atoms with Gasteiger partial charge in [-0.3, -0.25) is 14.9 Å². The molecule has 0 fully saturated rings. The lowest BCUT2D eigenvalue weighted by Gasteiger charge is -2.18. The number of benzene rings is 3. The lowest BCUT2D eigenvalue weighted by atomic mass is 10.0. The number of anilines is 1. The molecule has 164 valence electrons. The second-order valence-corrected chi connectivity index (χ2v) is 6.83. The molecule has 0 saturated carbocycles. The second kappa shape index (κ2) is 10.6. The number of nitrogens with one attached hydrogen (secondary N) is 3. The largest absolute Gasteiger partial charge is 0.457 e. The fourth-order valence-corrected chi connectivity index (χ4v) is 2.93. The summed E-state index contributed by atoms with van der Waals surface area (Å²) < 4.78 is 5.72. The zero-order valence-corrected chi connectivity index (χ0v) is 17.3.